The highest BCUT2D eigenvalue weighted by Gasteiger charge is 2.29. The number of rotatable bonds is 7. The highest BCUT2D eigenvalue weighted by molar-refractivity contribution is 6.07. The number of aromatic nitrogens is 4. The summed E-state index contributed by atoms with van der Waals surface area (Å²) in [6.07, 6.45) is -4.61. The molecule has 14 heteroatoms. The Labute approximate surface area is 177 Å². The second kappa shape index (κ2) is 8.87. The van der Waals surface area contributed by atoms with Crippen LogP contribution in [0.1, 0.15) is 16.2 Å². The van der Waals surface area contributed by atoms with Gasteiger partial charge in [-0.05, 0) is 47.7 Å². The number of ether oxygens (including phenoxy) is 2. The van der Waals surface area contributed by atoms with Crippen LogP contribution in [0.4, 0.5) is 24.5 Å². The SMILES string of the molecule is COc1ccc(NC(=O)c2cc(OCC(F)(F)F)ccc2[N+](=O)[O-])cc1-n1nnnc1C. The Morgan fingerprint density at radius 3 is 2.59 bits per heavy atom. The first-order valence-corrected chi connectivity index (χ1v) is 8.82. The smallest absolute Gasteiger partial charge is 0.422 e. The van der Waals surface area contributed by atoms with Crippen LogP contribution >= 0.6 is 0 Å². The van der Waals surface area contributed by atoms with Gasteiger partial charge in [-0.15, -0.1) is 5.10 Å². The van der Waals surface area contributed by atoms with Gasteiger partial charge in [0.05, 0.1) is 12.0 Å². The topological polar surface area (TPSA) is 134 Å². The van der Waals surface area contributed by atoms with E-state index in [0.717, 1.165) is 18.2 Å². The van der Waals surface area contributed by atoms with E-state index in [0.29, 0.717) is 17.3 Å². The van der Waals surface area contributed by atoms with Gasteiger partial charge in [0.25, 0.3) is 11.6 Å². The number of hydrogen-bond acceptors (Lipinski definition) is 8. The number of alkyl halides is 3. The van der Waals surface area contributed by atoms with Crippen LogP contribution < -0.4 is 14.8 Å². The van der Waals surface area contributed by atoms with Gasteiger partial charge in [-0.3, -0.25) is 14.9 Å². The van der Waals surface area contributed by atoms with Crippen molar-refractivity contribution >= 4 is 17.3 Å². The van der Waals surface area contributed by atoms with Crippen LogP contribution in [0.5, 0.6) is 11.5 Å². The number of nitro benzene ring substituents is 1. The van der Waals surface area contributed by atoms with Crippen molar-refractivity contribution in [2.75, 3.05) is 19.0 Å². The van der Waals surface area contributed by atoms with Crippen molar-refractivity contribution in [2.45, 2.75) is 13.1 Å². The van der Waals surface area contributed by atoms with Crippen molar-refractivity contribution in [1.82, 2.24) is 20.2 Å². The number of aryl methyl sites for hydroxylation is 1. The second-order valence-electron chi connectivity index (χ2n) is 6.32. The minimum atomic E-state index is -4.61. The highest BCUT2D eigenvalue weighted by atomic mass is 19.4. The maximum Gasteiger partial charge on any atom is 0.422 e. The number of nitrogens with zero attached hydrogens (tertiary/aromatic N) is 5. The lowest BCUT2D eigenvalue weighted by molar-refractivity contribution is -0.385. The summed E-state index contributed by atoms with van der Waals surface area (Å²) in [5.74, 6) is -0.472. The van der Waals surface area contributed by atoms with Crippen molar-refractivity contribution in [1.29, 1.82) is 0 Å². The summed E-state index contributed by atoms with van der Waals surface area (Å²) in [6, 6.07) is 7.20. The fraction of sp³-hybridized carbons (Fsp3) is 0.222. The van der Waals surface area contributed by atoms with Crippen LogP contribution in [0.15, 0.2) is 36.4 Å². The van der Waals surface area contributed by atoms with Crippen LogP contribution in [0.25, 0.3) is 5.69 Å². The summed E-state index contributed by atoms with van der Waals surface area (Å²) in [4.78, 5) is 23.2. The van der Waals surface area contributed by atoms with E-state index in [1.165, 1.54) is 30.0 Å². The lowest BCUT2D eigenvalue weighted by Gasteiger charge is -2.13. The maximum atomic E-state index is 12.7. The van der Waals surface area contributed by atoms with E-state index >= 15 is 0 Å². The molecule has 32 heavy (non-hydrogen) atoms. The molecule has 1 N–H and O–H groups in total. The van der Waals surface area contributed by atoms with Gasteiger partial charge in [-0.2, -0.15) is 17.9 Å². The molecule has 0 spiro atoms. The number of benzene rings is 2. The van der Waals surface area contributed by atoms with E-state index in [1.54, 1.807) is 6.92 Å². The van der Waals surface area contributed by atoms with Crippen molar-refractivity contribution in [2.24, 2.45) is 0 Å². The molecule has 0 aliphatic heterocycles. The van der Waals surface area contributed by atoms with E-state index < -0.39 is 34.9 Å². The van der Waals surface area contributed by atoms with E-state index in [1.807, 2.05) is 0 Å². The predicted molar refractivity (Wildman–Crippen MR) is 103 cm³/mol. The third-order valence-electron chi connectivity index (χ3n) is 4.10. The van der Waals surface area contributed by atoms with Gasteiger partial charge in [-0.25, -0.2) is 0 Å². The fourth-order valence-corrected chi connectivity index (χ4v) is 2.70. The first-order chi connectivity index (χ1) is 15.1. The summed E-state index contributed by atoms with van der Waals surface area (Å²) in [5.41, 5.74) is -0.501. The molecule has 3 aromatic rings. The first kappa shape index (κ1) is 22.5. The molecule has 1 aromatic heterocycles. The number of anilines is 1. The predicted octanol–water partition coefficient (Wildman–Crippen LogP) is 3.08. The van der Waals surface area contributed by atoms with Gasteiger partial charge in [-0.1, -0.05) is 0 Å². The van der Waals surface area contributed by atoms with Gasteiger partial charge in [0.2, 0.25) is 0 Å². The summed E-state index contributed by atoms with van der Waals surface area (Å²) < 4.78 is 48.4. The third-order valence-corrected chi connectivity index (χ3v) is 4.10. The molecule has 0 fully saturated rings. The second-order valence-corrected chi connectivity index (χ2v) is 6.32. The normalized spacial score (nSPS) is 11.2. The van der Waals surface area contributed by atoms with Crippen LogP contribution in [0, 0.1) is 17.0 Å². The molecular formula is C18H15F3N6O5. The molecule has 1 amide bonds. The van der Waals surface area contributed by atoms with Gasteiger partial charge >= 0.3 is 6.18 Å². The fourth-order valence-electron chi connectivity index (χ4n) is 2.70. The van der Waals surface area contributed by atoms with E-state index in [4.69, 9.17) is 4.74 Å². The average Bonchev–Trinajstić information content (AvgIpc) is 3.17. The van der Waals surface area contributed by atoms with Gasteiger partial charge in [0.15, 0.2) is 12.4 Å². The molecule has 2 aromatic carbocycles. The molecule has 0 saturated heterocycles. The van der Waals surface area contributed by atoms with Crippen molar-refractivity contribution in [3.8, 4) is 17.2 Å². The van der Waals surface area contributed by atoms with Gasteiger partial charge < -0.3 is 14.8 Å². The van der Waals surface area contributed by atoms with E-state index in [-0.39, 0.29) is 11.4 Å². The minimum Gasteiger partial charge on any atom is -0.494 e. The minimum absolute atomic E-state index is 0.205. The number of tetrazole rings is 1. The van der Waals surface area contributed by atoms with E-state index in [9.17, 15) is 28.1 Å². The molecule has 0 aliphatic carbocycles. The number of nitrogens with one attached hydrogen (secondary N) is 1. The first-order valence-electron chi connectivity index (χ1n) is 8.82. The number of halogens is 3. The molecular weight excluding hydrogens is 437 g/mol. The third kappa shape index (κ3) is 5.08. The number of amides is 1. The Hall–Kier alpha value is -4.23. The number of hydrogen-bond donors (Lipinski definition) is 1. The maximum absolute atomic E-state index is 12.7. The molecule has 11 nitrogen and oxygen atoms in total. The van der Waals surface area contributed by atoms with Crippen LogP contribution in [-0.4, -0.2) is 50.9 Å². The zero-order valence-corrected chi connectivity index (χ0v) is 16.6. The summed E-state index contributed by atoms with van der Waals surface area (Å²) in [7, 11) is 1.42. The quantitative estimate of drug-likeness (QED) is 0.427. The standard InChI is InChI=1S/C18H15F3N6O5/c1-10-23-24-25-26(10)15-7-11(3-6-16(15)31-2)22-17(28)13-8-12(32-9-18(19,20)21)4-5-14(13)27(29)30/h3-8H,9H2,1-2H3,(H,22,28). The monoisotopic (exact) mass is 452 g/mol. The van der Waals surface area contributed by atoms with Crippen LogP contribution in [0.3, 0.4) is 0 Å². The molecule has 0 aliphatic rings. The van der Waals surface area contributed by atoms with E-state index in [2.05, 4.69) is 25.6 Å². The molecule has 0 saturated carbocycles. The molecule has 0 atom stereocenters. The zero-order valence-electron chi connectivity index (χ0n) is 16.6. The Morgan fingerprint density at radius 1 is 1.25 bits per heavy atom. The Kier molecular flexibility index (Phi) is 6.22. The number of methoxy groups -OCH3 is 1. The molecule has 3 rings (SSSR count). The Morgan fingerprint density at radius 2 is 2.00 bits per heavy atom. The molecule has 168 valence electrons. The number of nitro groups is 1. The van der Waals surface area contributed by atoms with Crippen LogP contribution in [-0.2, 0) is 0 Å². The molecule has 0 radical (unpaired) electrons. The largest absolute Gasteiger partial charge is 0.494 e. The van der Waals surface area contributed by atoms with Crippen molar-refractivity contribution in [3.05, 3.63) is 57.9 Å². The molecule has 0 unspecified atom stereocenters. The van der Waals surface area contributed by atoms with Crippen molar-refractivity contribution < 1.29 is 32.4 Å². The van der Waals surface area contributed by atoms with Crippen LogP contribution in [0.2, 0.25) is 0 Å². The Balaban J connectivity index is 1.92. The summed E-state index contributed by atoms with van der Waals surface area (Å²) in [6.45, 7) is 0.0273. The lowest BCUT2D eigenvalue weighted by atomic mass is 10.1. The van der Waals surface area contributed by atoms with Gasteiger partial charge in [0, 0.05) is 11.8 Å². The Bertz CT molecular complexity index is 1160. The number of carbonyl (C=O) groups excluding carboxylic acids is 1. The summed E-state index contributed by atoms with van der Waals surface area (Å²) >= 11 is 0. The highest BCUT2D eigenvalue weighted by Crippen LogP contribution is 2.29. The lowest BCUT2D eigenvalue weighted by Crippen LogP contribution is -2.20. The van der Waals surface area contributed by atoms with Gasteiger partial charge in [0.1, 0.15) is 22.7 Å². The molecule has 0 bridgehead atoms. The summed E-state index contributed by atoms with van der Waals surface area (Å²) in [5, 5.41) is 24.9. The zero-order chi connectivity index (χ0) is 23.5. The number of carbonyl (C=O) groups is 1. The van der Waals surface area contributed by atoms with Crippen molar-refractivity contribution in [3.63, 3.8) is 0 Å². The average molecular weight is 452 g/mol. The molecule has 1 heterocycles.